The van der Waals surface area contributed by atoms with Gasteiger partial charge in [-0.25, -0.2) is 0 Å². The van der Waals surface area contributed by atoms with E-state index in [1.54, 1.807) is 0 Å². The van der Waals surface area contributed by atoms with Crippen molar-refractivity contribution in [1.29, 1.82) is 0 Å². The van der Waals surface area contributed by atoms with Crippen molar-refractivity contribution in [2.45, 2.75) is 58.5 Å². The van der Waals surface area contributed by atoms with Gasteiger partial charge in [0.25, 0.3) is 0 Å². The molecule has 1 aliphatic heterocycles. The van der Waals surface area contributed by atoms with Crippen LogP contribution in [0, 0.1) is 0 Å². The summed E-state index contributed by atoms with van der Waals surface area (Å²) in [6.45, 7) is 11.1. The Bertz CT molecular complexity index is 272. The Balaban J connectivity index is 2.29. The summed E-state index contributed by atoms with van der Waals surface area (Å²) >= 11 is 1.89. The van der Waals surface area contributed by atoms with Crippen LogP contribution in [0.4, 0.5) is 0 Å². The summed E-state index contributed by atoms with van der Waals surface area (Å²) in [5.74, 6) is 1.17. The Morgan fingerprint density at radius 1 is 1.39 bits per heavy atom. The zero-order valence-electron chi connectivity index (χ0n) is 12.6. The second-order valence-corrected chi connectivity index (χ2v) is 6.48. The topological polar surface area (TPSA) is 27.6 Å². The van der Waals surface area contributed by atoms with E-state index in [1.807, 2.05) is 11.8 Å². The molecule has 1 rings (SSSR count). The fourth-order valence-corrected chi connectivity index (χ4v) is 3.35. The molecule has 1 N–H and O–H groups in total. The van der Waals surface area contributed by atoms with Crippen molar-refractivity contribution in [2.24, 2.45) is 4.99 Å². The predicted molar refractivity (Wildman–Crippen MR) is 83.6 cm³/mol. The average molecular weight is 271 g/mol. The highest BCUT2D eigenvalue weighted by atomic mass is 32.2. The molecule has 1 aliphatic rings. The molecule has 0 unspecified atom stereocenters. The summed E-state index contributed by atoms with van der Waals surface area (Å²) in [4.78, 5) is 7.06. The van der Waals surface area contributed by atoms with Crippen LogP contribution in [0.15, 0.2) is 4.99 Å². The molecule has 1 saturated heterocycles. The smallest absolute Gasteiger partial charge is 0.157 e. The van der Waals surface area contributed by atoms with Gasteiger partial charge in [-0.05, 0) is 46.7 Å². The number of rotatable bonds is 7. The van der Waals surface area contributed by atoms with Gasteiger partial charge in [-0.2, -0.15) is 0 Å². The van der Waals surface area contributed by atoms with Gasteiger partial charge in [-0.1, -0.05) is 25.6 Å². The van der Waals surface area contributed by atoms with Gasteiger partial charge in [0.1, 0.15) is 0 Å². The van der Waals surface area contributed by atoms with Gasteiger partial charge in [0, 0.05) is 23.9 Å². The number of aliphatic imine (C=N–C) groups is 1. The van der Waals surface area contributed by atoms with Crippen LogP contribution in [0.2, 0.25) is 0 Å². The lowest BCUT2D eigenvalue weighted by Gasteiger charge is -2.25. The van der Waals surface area contributed by atoms with Crippen molar-refractivity contribution >= 4 is 16.9 Å². The van der Waals surface area contributed by atoms with Gasteiger partial charge < -0.3 is 10.2 Å². The maximum atomic E-state index is 4.69. The van der Waals surface area contributed by atoms with Crippen LogP contribution < -0.4 is 5.32 Å². The standard InChI is InChI=1S/C14H29N3S/c1-6-14(7-2)11-18-13(16-14)15-9-8-10-17(5)12(3)4/h12H,6-11H2,1-5H3,(H,15,16). The lowest BCUT2D eigenvalue weighted by Crippen LogP contribution is -2.42. The third-order valence-corrected chi connectivity index (χ3v) is 5.22. The minimum atomic E-state index is 0.304. The van der Waals surface area contributed by atoms with Gasteiger partial charge in [-0.3, -0.25) is 4.99 Å². The summed E-state index contributed by atoms with van der Waals surface area (Å²) in [5.41, 5.74) is 0.304. The number of hydrogen-bond acceptors (Lipinski definition) is 3. The van der Waals surface area contributed by atoms with Crippen LogP contribution >= 0.6 is 11.8 Å². The SMILES string of the molecule is CCC1(CC)CSC(=NCCCN(C)C(C)C)N1. The minimum absolute atomic E-state index is 0.304. The first-order chi connectivity index (χ1) is 8.53. The van der Waals surface area contributed by atoms with E-state index in [0.29, 0.717) is 11.6 Å². The van der Waals surface area contributed by atoms with E-state index in [0.717, 1.165) is 24.7 Å². The maximum absolute atomic E-state index is 4.69. The van der Waals surface area contributed by atoms with E-state index in [4.69, 9.17) is 0 Å². The maximum Gasteiger partial charge on any atom is 0.157 e. The average Bonchev–Trinajstić information content (AvgIpc) is 2.78. The van der Waals surface area contributed by atoms with Crippen LogP contribution in [0.5, 0.6) is 0 Å². The van der Waals surface area contributed by atoms with Crippen molar-refractivity contribution in [3.63, 3.8) is 0 Å². The number of nitrogens with one attached hydrogen (secondary N) is 1. The van der Waals surface area contributed by atoms with Crippen LogP contribution in [0.3, 0.4) is 0 Å². The third-order valence-electron chi connectivity index (χ3n) is 4.02. The van der Waals surface area contributed by atoms with E-state index in [2.05, 4.69) is 50.0 Å². The highest BCUT2D eigenvalue weighted by Gasteiger charge is 2.33. The summed E-state index contributed by atoms with van der Waals surface area (Å²) < 4.78 is 0. The van der Waals surface area contributed by atoms with Gasteiger partial charge in [0.15, 0.2) is 5.17 Å². The fourth-order valence-electron chi connectivity index (χ4n) is 1.98. The van der Waals surface area contributed by atoms with Crippen molar-refractivity contribution in [1.82, 2.24) is 10.2 Å². The molecule has 0 aromatic carbocycles. The second-order valence-electron chi connectivity index (χ2n) is 5.52. The minimum Gasteiger partial charge on any atom is -0.359 e. The van der Waals surface area contributed by atoms with Crippen molar-refractivity contribution in [3.05, 3.63) is 0 Å². The summed E-state index contributed by atoms with van der Waals surface area (Å²) in [5, 5.41) is 4.77. The molecule has 0 radical (unpaired) electrons. The zero-order valence-corrected chi connectivity index (χ0v) is 13.4. The summed E-state index contributed by atoms with van der Waals surface area (Å²) in [6, 6.07) is 0.629. The molecule has 0 atom stereocenters. The first-order valence-electron chi connectivity index (χ1n) is 7.18. The van der Waals surface area contributed by atoms with Crippen molar-refractivity contribution in [2.75, 3.05) is 25.9 Å². The number of thioether (sulfide) groups is 1. The Hall–Kier alpha value is -0.220. The number of amidine groups is 1. The largest absolute Gasteiger partial charge is 0.359 e. The lowest BCUT2D eigenvalue weighted by atomic mass is 9.96. The molecular formula is C14H29N3S. The van der Waals surface area contributed by atoms with Crippen molar-refractivity contribution in [3.8, 4) is 0 Å². The molecule has 106 valence electrons. The first kappa shape index (κ1) is 15.8. The van der Waals surface area contributed by atoms with Crippen LogP contribution in [0.1, 0.15) is 47.0 Å². The van der Waals surface area contributed by atoms with Crippen LogP contribution in [-0.4, -0.2) is 47.5 Å². The van der Waals surface area contributed by atoms with Crippen LogP contribution in [0.25, 0.3) is 0 Å². The molecule has 1 fully saturated rings. The Kier molecular flexibility index (Phi) is 6.50. The summed E-state index contributed by atoms with van der Waals surface area (Å²) in [7, 11) is 2.18. The molecule has 4 heteroatoms. The Morgan fingerprint density at radius 3 is 2.56 bits per heavy atom. The van der Waals surface area contributed by atoms with E-state index >= 15 is 0 Å². The molecule has 0 amide bonds. The molecule has 0 saturated carbocycles. The predicted octanol–water partition coefficient (Wildman–Crippen LogP) is 2.97. The fraction of sp³-hybridized carbons (Fsp3) is 0.929. The quantitative estimate of drug-likeness (QED) is 0.721. The van der Waals surface area contributed by atoms with E-state index < -0.39 is 0 Å². The molecule has 0 bridgehead atoms. The van der Waals surface area contributed by atoms with Crippen LogP contribution in [-0.2, 0) is 0 Å². The highest BCUT2D eigenvalue weighted by Crippen LogP contribution is 2.28. The molecule has 0 spiro atoms. The van der Waals surface area contributed by atoms with E-state index in [9.17, 15) is 0 Å². The Labute approximate surface area is 117 Å². The van der Waals surface area contributed by atoms with E-state index in [-0.39, 0.29) is 0 Å². The number of hydrogen-bond donors (Lipinski definition) is 1. The molecule has 0 aromatic rings. The van der Waals surface area contributed by atoms with E-state index in [1.165, 1.54) is 18.6 Å². The summed E-state index contributed by atoms with van der Waals surface area (Å²) in [6.07, 6.45) is 3.52. The van der Waals surface area contributed by atoms with Gasteiger partial charge in [0.2, 0.25) is 0 Å². The van der Waals surface area contributed by atoms with Gasteiger partial charge >= 0.3 is 0 Å². The zero-order chi connectivity index (χ0) is 13.6. The van der Waals surface area contributed by atoms with Gasteiger partial charge in [-0.15, -0.1) is 0 Å². The second kappa shape index (κ2) is 7.39. The first-order valence-corrected chi connectivity index (χ1v) is 8.17. The molecule has 3 nitrogen and oxygen atoms in total. The highest BCUT2D eigenvalue weighted by molar-refractivity contribution is 8.14. The Morgan fingerprint density at radius 2 is 2.06 bits per heavy atom. The monoisotopic (exact) mass is 271 g/mol. The normalized spacial score (nSPS) is 20.9. The molecule has 0 aliphatic carbocycles. The number of nitrogens with zero attached hydrogens (tertiary/aromatic N) is 2. The molecule has 18 heavy (non-hydrogen) atoms. The van der Waals surface area contributed by atoms with Crippen molar-refractivity contribution < 1.29 is 0 Å². The molecule has 1 heterocycles. The van der Waals surface area contributed by atoms with Gasteiger partial charge in [0.05, 0.1) is 0 Å². The molecule has 0 aromatic heterocycles. The molecular weight excluding hydrogens is 242 g/mol. The third kappa shape index (κ3) is 4.47. The lowest BCUT2D eigenvalue weighted by molar-refractivity contribution is 0.272.